The molecule has 0 bridgehead atoms. The van der Waals surface area contributed by atoms with Crippen LogP contribution in [0.1, 0.15) is 17.0 Å². The van der Waals surface area contributed by atoms with E-state index in [2.05, 4.69) is 4.52 Å². The quantitative estimate of drug-likeness (QED) is 0.430. The Morgan fingerprint density at radius 1 is 0.880 bits per heavy atom. The van der Waals surface area contributed by atoms with Gasteiger partial charge in [0, 0.05) is 30.2 Å². The van der Waals surface area contributed by atoms with Crippen molar-refractivity contribution in [1.82, 2.24) is 0 Å². The van der Waals surface area contributed by atoms with Gasteiger partial charge >= 0.3 is 7.82 Å². The van der Waals surface area contributed by atoms with Crippen LogP contribution in [0, 0.1) is 20.2 Å². The van der Waals surface area contributed by atoms with Crippen molar-refractivity contribution in [3.8, 4) is 0 Å². The molecular formula is C14H13N2O8P. The molecule has 2 rings (SSSR count). The second-order valence-corrected chi connectivity index (χ2v) is 6.28. The van der Waals surface area contributed by atoms with E-state index < -0.39 is 30.2 Å². The highest BCUT2D eigenvalue weighted by Crippen LogP contribution is 2.39. The van der Waals surface area contributed by atoms with Crippen molar-refractivity contribution < 1.29 is 28.7 Å². The van der Waals surface area contributed by atoms with Crippen LogP contribution in [0.2, 0.25) is 0 Å². The van der Waals surface area contributed by atoms with E-state index in [4.69, 9.17) is 9.79 Å². The van der Waals surface area contributed by atoms with E-state index in [-0.39, 0.29) is 11.4 Å². The molecular weight excluding hydrogens is 355 g/mol. The molecule has 2 N–H and O–H groups in total. The number of phosphoric ester groups is 1. The normalized spacial score (nSPS) is 11.5. The first kappa shape index (κ1) is 18.7. The van der Waals surface area contributed by atoms with Crippen LogP contribution in [0.3, 0.4) is 0 Å². The predicted octanol–water partition coefficient (Wildman–Crippen LogP) is 2.74. The number of phosphoric acid groups is 1. The van der Waals surface area contributed by atoms with Crippen molar-refractivity contribution in [2.24, 2.45) is 0 Å². The lowest BCUT2D eigenvalue weighted by Gasteiger charge is -2.18. The lowest BCUT2D eigenvalue weighted by Crippen LogP contribution is -2.09. The molecule has 2 aromatic carbocycles. The van der Waals surface area contributed by atoms with Gasteiger partial charge in [0.15, 0.2) is 0 Å². The Morgan fingerprint density at radius 2 is 1.24 bits per heavy atom. The number of rotatable bonds is 7. The Morgan fingerprint density at radius 3 is 1.52 bits per heavy atom. The van der Waals surface area contributed by atoms with E-state index in [1.807, 2.05) is 0 Å². The van der Waals surface area contributed by atoms with Crippen LogP contribution in [0.4, 0.5) is 11.4 Å². The largest absolute Gasteiger partial charge is 0.469 e. The van der Waals surface area contributed by atoms with Gasteiger partial charge in [0.05, 0.1) is 16.5 Å². The average Bonchev–Trinajstić information content (AvgIpc) is 2.55. The van der Waals surface area contributed by atoms with Gasteiger partial charge in [0.25, 0.3) is 11.4 Å². The van der Waals surface area contributed by atoms with E-state index in [9.17, 15) is 24.8 Å². The molecule has 0 heterocycles. The Labute approximate surface area is 141 Å². The molecule has 0 amide bonds. The van der Waals surface area contributed by atoms with Crippen LogP contribution in [0.5, 0.6) is 0 Å². The van der Waals surface area contributed by atoms with Crippen molar-refractivity contribution in [3.05, 3.63) is 79.9 Å². The average molecular weight is 368 g/mol. The van der Waals surface area contributed by atoms with Crippen LogP contribution >= 0.6 is 7.82 Å². The third kappa shape index (κ3) is 5.16. The topological polar surface area (TPSA) is 153 Å². The number of hydrogen-bond donors (Lipinski definition) is 2. The van der Waals surface area contributed by atoms with Crippen molar-refractivity contribution in [2.45, 2.75) is 5.92 Å². The van der Waals surface area contributed by atoms with Gasteiger partial charge in [-0.2, -0.15) is 0 Å². The van der Waals surface area contributed by atoms with E-state index >= 15 is 0 Å². The Balaban J connectivity index is 2.36. The molecule has 2 aromatic rings. The maximum atomic E-state index is 11.0. The molecule has 132 valence electrons. The number of hydrogen-bond acceptors (Lipinski definition) is 6. The number of nitro groups is 2. The molecule has 0 saturated carbocycles. The monoisotopic (exact) mass is 368 g/mol. The summed E-state index contributed by atoms with van der Waals surface area (Å²) in [6.45, 7) is -0.403. The summed E-state index contributed by atoms with van der Waals surface area (Å²) >= 11 is 0. The van der Waals surface area contributed by atoms with Crippen molar-refractivity contribution >= 4 is 19.2 Å². The van der Waals surface area contributed by atoms with Crippen LogP contribution < -0.4 is 0 Å². The molecule has 25 heavy (non-hydrogen) atoms. The summed E-state index contributed by atoms with van der Waals surface area (Å²) in [6.07, 6.45) is 0. The van der Waals surface area contributed by atoms with Crippen molar-refractivity contribution in [3.63, 3.8) is 0 Å². The molecule has 0 atom stereocenters. The first-order chi connectivity index (χ1) is 11.7. The molecule has 0 aliphatic rings. The van der Waals surface area contributed by atoms with Crippen LogP contribution in [0.25, 0.3) is 0 Å². The highest BCUT2D eigenvalue weighted by molar-refractivity contribution is 7.46. The van der Waals surface area contributed by atoms with E-state index in [0.717, 1.165) is 0 Å². The molecule has 0 radical (unpaired) electrons. The Kier molecular flexibility index (Phi) is 5.60. The summed E-state index contributed by atoms with van der Waals surface area (Å²) in [4.78, 5) is 38.1. The molecule has 0 aromatic heterocycles. The molecule has 0 spiro atoms. The van der Waals surface area contributed by atoms with Crippen molar-refractivity contribution in [1.29, 1.82) is 0 Å². The summed E-state index contributed by atoms with van der Waals surface area (Å²) in [7, 11) is -4.73. The van der Waals surface area contributed by atoms with Gasteiger partial charge in [0.1, 0.15) is 0 Å². The maximum Gasteiger partial charge on any atom is 0.469 e. The van der Waals surface area contributed by atoms with E-state index in [1.165, 1.54) is 48.5 Å². The summed E-state index contributed by atoms with van der Waals surface area (Å²) in [5.74, 6) is -0.672. The number of nitrogens with zero attached hydrogens (tertiary/aromatic N) is 2. The zero-order chi connectivity index (χ0) is 18.6. The highest BCUT2D eigenvalue weighted by Gasteiger charge is 2.22. The lowest BCUT2D eigenvalue weighted by atomic mass is 9.92. The first-order valence-corrected chi connectivity index (χ1v) is 8.39. The van der Waals surface area contributed by atoms with Gasteiger partial charge < -0.3 is 9.79 Å². The fourth-order valence-electron chi connectivity index (χ4n) is 2.21. The van der Waals surface area contributed by atoms with Gasteiger partial charge in [-0.25, -0.2) is 4.57 Å². The summed E-state index contributed by atoms with van der Waals surface area (Å²) < 4.78 is 15.5. The highest BCUT2D eigenvalue weighted by atomic mass is 31.2. The van der Waals surface area contributed by atoms with Gasteiger partial charge in [-0.15, -0.1) is 0 Å². The Hall–Kier alpha value is -2.65. The minimum absolute atomic E-state index is 0.137. The number of benzene rings is 2. The third-order valence-electron chi connectivity index (χ3n) is 3.42. The summed E-state index contributed by atoms with van der Waals surface area (Å²) in [6, 6.07) is 10.8. The molecule has 0 unspecified atom stereocenters. The van der Waals surface area contributed by atoms with E-state index in [1.54, 1.807) is 0 Å². The third-order valence-corrected chi connectivity index (χ3v) is 3.91. The van der Waals surface area contributed by atoms with Gasteiger partial charge in [0.2, 0.25) is 0 Å². The standard InChI is InChI=1S/C14H13N2O8P/c17-15(18)12-5-1-10(2-6-12)14(9-24-25(21,22)23)11-3-7-13(8-4-11)16(19)20/h1-8,14H,9H2,(H2,21,22,23). The first-order valence-electron chi connectivity index (χ1n) is 6.86. The smallest absolute Gasteiger partial charge is 0.303 e. The second-order valence-electron chi connectivity index (χ2n) is 5.04. The van der Waals surface area contributed by atoms with Crippen LogP contribution in [-0.4, -0.2) is 26.2 Å². The number of non-ortho nitro benzene ring substituents is 2. The molecule has 0 aliphatic heterocycles. The molecule has 10 nitrogen and oxygen atoms in total. The SMILES string of the molecule is O=[N+]([O-])c1ccc(C(COP(=O)(O)O)c2ccc([N+](=O)[O-])cc2)cc1. The molecule has 0 aliphatic carbocycles. The fraction of sp³-hybridized carbons (Fsp3) is 0.143. The lowest BCUT2D eigenvalue weighted by molar-refractivity contribution is -0.385. The van der Waals surface area contributed by atoms with Crippen LogP contribution in [0.15, 0.2) is 48.5 Å². The fourth-order valence-corrected chi connectivity index (χ4v) is 2.56. The van der Waals surface area contributed by atoms with Gasteiger partial charge in [-0.05, 0) is 11.1 Å². The minimum Gasteiger partial charge on any atom is -0.303 e. The predicted molar refractivity (Wildman–Crippen MR) is 86.0 cm³/mol. The minimum atomic E-state index is -4.73. The van der Waals surface area contributed by atoms with Crippen molar-refractivity contribution in [2.75, 3.05) is 6.61 Å². The zero-order valence-corrected chi connectivity index (χ0v) is 13.5. The Bertz CT molecular complexity index is 758. The molecule has 0 fully saturated rings. The van der Waals surface area contributed by atoms with Gasteiger partial charge in [-0.3, -0.25) is 24.8 Å². The maximum absolute atomic E-state index is 11.0. The summed E-state index contributed by atoms with van der Waals surface area (Å²) in [5.41, 5.74) is 0.741. The number of nitro benzene ring substituents is 2. The second kappa shape index (κ2) is 7.49. The summed E-state index contributed by atoms with van der Waals surface area (Å²) in [5, 5.41) is 21.4. The van der Waals surface area contributed by atoms with E-state index in [0.29, 0.717) is 11.1 Å². The zero-order valence-electron chi connectivity index (χ0n) is 12.6. The van der Waals surface area contributed by atoms with Gasteiger partial charge in [-0.1, -0.05) is 24.3 Å². The van der Waals surface area contributed by atoms with Crippen LogP contribution in [-0.2, 0) is 9.09 Å². The molecule has 0 saturated heterocycles. The molecule has 11 heteroatoms.